The van der Waals surface area contributed by atoms with Crippen LogP contribution < -0.4 is 16.0 Å². The Hall–Kier alpha value is -1.35. The lowest BCUT2D eigenvalue weighted by molar-refractivity contribution is -0.184. The van der Waals surface area contributed by atoms with Gasteiger partial charge in [0.25, 0.3) is 0 Å². The third-order valence-electron chi connectivity index (χ3n) is 3.78. The van der Waals surface area contributed by atoms with E-state index in [0.29, 0.717) is 26.2 Å². The second kappa shape index (κ2) is 8.66. The molecule has 3 N–H and O–H groups in total. The number of hydrogen-bond donors (Lipinski definition) is 3. The number of carbonyl (C=O) groups is 2. The first-order valence-electron chi connectivity index (χ1n) is 8.08. The van der Waals surface area contributed by atoms with Crippen molar-refractivity contribution in [3.05, 3.63) is 0 Å². The molecule has 140 valence electrons. The zero-order valence-electron chi connectivity index (χ0n) is 14.4. The molecular formula is C15H27F3N4O2. The maximum atomic E-state index is 13.2. The van der Waals surface area contributed by atoms with Crippen molar-refractivity contribution in [1.82, 2.24) is 20.9 Å². The van der Waals surface area contributed by atoms with Gasteiger partial charge in [0.15, 0.2) is 0 Å². The van der Waals surface area contributed by atoms with Gasteiger partial charge < -0.3 is 16.0 Å². The van der Waals surface area contributed by atoms with E-state index in [0.717, 1.165) is 0 Å². The van der Waals surface area contributed by atoms with Gasteiger partial charge in [0.1, 0.15) is 6.04 Å². The first kappa shape index (κ1) is 20.7. The highest BCUT2D eigenvalue weighted by Gasteiger charge is 2.43. The lowest BCUT2D eigenvalue weighted by atomic mass is 9.96. The summed E-state index contributed by atoms with van der Waals surface area (Å²) in [6.45, 7) is 6.43. The van der Waals surface area contributed by atoms with Crippen molar-refractivity contribution in [3.63, 3.8) is 0 Å². The maximum absolute atomic E-state index is 13.2. The average Bonchev–Trinajstić information content (AvgIpc) is 2.46. The van der Waals surface area contributed by atoms with Crippen LogP contribution in [-0.2, 0) is 9.59 Å². The van der Waals surface area contributed by atoms with E-state index in [9.17, 15) is 22.8 Å². The van der Waals surface area contributed by atoms with Crippen LogP contribution in [0.3, 0.4) is 0 Å². The van der Waals surface area contributed by atoms with Crippen molar-refractivity contribution in [3.8, 4) is 0 Å². The van der Waals surface area contributed by atoms with Gasteiger partial charge in [-0.15, -0.1) is 0 Å². The molecule has 9 heteroatoms. The van der Waals surface area contributed by atoms with Gasteiger partial charge in [0.2, 0.25) is 11.8 Å². The molecule has 0 aromatic rings. The van der Waals surface area contributed by atoms with Gasteiger partial charge in [-0.2, -0.15) is 13.2 Å². The standard InChI is InChI=1S/C15H27F3N4O2/c1-14(2,3)13(24)20-5-4-12(23)21-10-11(15(16,17)18)22-8-6-19-7-9-22/h11,19H,4-10H2,1-3H3,(H,20,24)(H,21,23). The molecular weight excluding hydrogens is 325 g/mol. The van der Waals surface area contributed by atoms with E-state index in [1.54, 1.807) is 20.8 Å². The van der Waals surface area contributed by atoms with Crippen LogP contribution in [0.5, 0.6) is 0 Å². The van der Waals surface area contributed by atoms with E-state index < -0.39 is 30.1 Å². The highest BCUT2D eigenvalue weighted by molar-refractivity contribution is 5.82. The summed E-state index contributed by atoms with van der Waals surface area (Å²) in [4.78, 5) is 24.7. The number of rotatable bonds is 6. The van der Waals surface area contributed by atoms with Gasteiger partial charge in [-0.05, 0) is 0 Å². The maximum Gasteiger partial charge on any atom is 0.405 e. The Morgan fingerprint density at radius 2 is 1.71 bits per heavy atom. The molecule has 24 heavy (non-hydrogen) atoms. The normalized spacial score (nSPS) is 18.1. The Bertz CT molecular complexity index is 429. The van der Waals surface area contributed by atoms with Crippen LogP contribution in [0.4, 0.5) is 13.2 Å². The van der Waals surface area contributed by atoms with Gasteiger partial charge in [-0.25, -0.2) is 0 Å². The minimum atomic E-state index is -4.40. The fourth-order valence-electron chi connectivity index (χ4n) is 2.30. The zero-order chi connectivity index (χ0) is 18.4. The van der Waals surface area contributed by atoms with Crippen molar-refractivity contribution >= 4 is 11.8 Å². The molecule has 0 aromatic heterocycles. The van der Waals surface area contributed by atoms with E-state index in [1.165, 1.54) is 4.90 Å². The monoisotopic (exact) mass is 352 g/mol. The van der Waals surface area contributed by atoms with Gasteiger partial charge in [-0.1, -0.05) is 20.8 Å². The Kier molecular flexibility index (Phi) is 7.47. The number of nitrogens with zero attached hydrogens (tertiary/aromatic N) is 1. The predicted molar refractivity (Wildman–Crippen MR) is 84.4 cm³/mol. The lowest BCUT2D eigenvalue weighted by Crippen LogP contribution is -2.57. The molecule has 0 aromatic carbocycles. The molecule has 1 heterocycles. The summed E-state index contributed by atoms with van der Waals surface area (Å²) in [6.07, 6.45) is -4.45. The molecule has 2 amide bonds. The highest BCUT2D eigenvalue weighted by atomic mass is 19.4. The second-order valence-electron chi connectivity index (χ2n) is 6.90. The number of nitrogens with one attached hydrogen (secondary N) is 3. The van der Waals surface area contributed by atoms with Crippen LogP contribution in [0.15, 0.2) is 0 Å². The van der Waals surface area contributed by atoms with Gasteiger partial charge in [0, 0.05) is 51.1 Å². The van der Waals surface area contributed by atoms with E-state index in [-0.39, 0.29) is 18.9 Å². The number of halogens is 3. The van der Waals surface area contributed by atoms with Gasteiger partial charge >= 0.3 is 6.18 Å². The molecule has 0 spiro atoms. The molecule has 6 nitrogen and oxygen atoms in total. The van der Waals surface area contributed by atoms with E-state index in [2.05, 4.69) is 16.0 Å². The third kappa shape index (κ3) is 7.04. The molecule has 0 aliphatic carbocycles. The quantitative estimate of drug-likeness (QED) is 0.651. The number of carbonyl (C=O) groups excluding carboxylic acids is 2. The van der Waals surface area contributed by atoms with Crippen molar-refractivity contribution in [2.24, 2.45) is 5.41 Å². The molecule has 1 aliphatic heterocycles. The van der Waals surface area contributed by atoms with Crippen LogP contribution >= 0.6 is 0 Å². The summed E-state index contributed by atoms with van der Waals surface area (Å²) in [5.74, 6) is -0.710. The summed E-state index contributed by atoms with van der Waals surface area (Å²) >= 11 is 0. The first-order chi connectivity index (χ1) is 11.0. The minimum Gasteiger partial charge on any atom is -0.355 e. The summed E-state index contributed by atoms with van der Waals surface area (Å²) in [6, 6.07) is -1.69. The molecule has 1 saturated heterocycles. The molecule has 0 radical (unpaired) electrons. The van der Waals surface area contributed by atoms with E-state index in [4.69, 9.17) is 0 Å². The predicted octanol–water partition coefficient (Wildman–Crippen LogP) is 0.491. The Morgan fingerprint density at radius 3 is 2.21 bits per heavy atom. The number of alkyl halides is 3. The van der Waals surface area contributed by atoms with Crippen LogP contribution in [0, 0.1) is 5.41 Å². The van der Waals surface area contributed by atoms with E-state index >= 15 is 0 Å². The lowest BCUT2D eigenvalue weighted by Gasteiger charge is -2.35. The molecule has 0 bridgehead atoms. The molecule has 1 atom stereocenters. The highest BCUT2D eigenvalue weighted by Crippen LogP contribution is 2.24. The fraction of sp³-hybridized carbons (Fsp3) is 0.867. The number of piperazine rings is 1. The smallest absolute Gasteiger partial charge is 0.355 e. The van der Waals surface area contributed by atoms with Crippen LogP contribution in [0.1, 0.15) is 27.2 Å². The van der Waals surface area contributed by atoms with E-state index in [1.807, 2.05) is 0 Å². The van der Waals surface area contributed by atoms with Gasteiger partial charge in [0.05, 0.1) is 0 Å². The van der Waals surface area contributed by atoms with Crippen molar-refractivity contribution in [2.75, 3.05) is 39.3 Å². The molecule has 1 aliphatic rings. The van der Waals surface area contributed by atoms with Crippen LogP contribution in [0.25, 0.3) is 0 Å². The Labute approximate surface area is 140 Å². The van der Waals surface area contributed by atoms with Gasteiger partial charge in [-0.3, -0.25) is 14.5 Å². The summed E-state index contributed by atoms with van der Waals surface area (Å²) in [5.41, 5.74) is -0.569. The Morgan fingerprint density at radius 1 is 1.12 bits per heavy atom. The second-order valence-corrected chi connectivity index (χ2v) is 6.90. The van der Waals surface area contributed by atoms with Crippen molar-refractivity contribution < 1.29 is 22.8 Å². The SMILES string of the molecule is CC(C)(C)C(=O)NCCC(=O)NCC(N1CCNCC1)C(F)(F)F. The molecule has 1 unspecified atom stereocenters. The van der Waals surface area contributed by atoms with Crippen LogP contribution in [-0.4, -0.2) is 68.2 Å². The minimum absolute atomic E-state index is 0.0477. The fourth-order valence-corrected chi connectivity index (χ4v) is 2.30. The molecule has 0 saturated carbocycles. The molecule has 1 fully saturated rings. The van der Waals surface area contributed by atoms with Crippen LogP contribution in [0.2, 0.25) is 0 Å². The summed E-state index contributed by atoms with van der Waals surface area (Å²) in [5, 5.41) is 7.92. The molecule has 1 rings (SSSR count). The largest absolute Gasteiger partial charge is 0.405 e. The number of amides is 2. The average molecular weight is 352 g/mol. The topological polar surface area (TPSA) is 73.5 Å². The zero-order valence-corrected chi connectivity index (χ0v) is 14.4. The van der Waals surface area contributed by atoms with Crippen molar-refractivity contribution in [2.45, 2.75) is 39.4 Å². The number of hydrogen-bond acceptors (Lipinski definition) is 4. The summed E-state index contributed by atoms with van der Waals surface area (Å²) < 4.78 is 39.5. The summed E-state index contributed by atoms with van der Waals surface area (Å²) in [7, 11) is 0. The third-order valence-corrected chi connectivity index (χ3v) is 3.78. The van der Waals surface area contributed by atoms with Crippen molar-refractivity contribution in [1.29, 1.82) is 0 Å². The Balaban J connectivity index is 2.40. The first-order valence-corrected chi connectivity index (χ1v) is 8.08.